The zero-order valence-electron chi connectivity index (χ0n) is 13.2. The van der Waals surface area contributed by atoms with E-state index in [0.29, 0.717) is 0 Å². The summed E-state index contributed by atoms with van der Waals surface area (Å²) in [4.78, 5) is 12.2. The quantitative estimate of drug-likeness (QED) is 0.796. The van der Waals surface area contributed by atoms with Crippen LogP contribution < -0.4 is 11.1 Å². The van der Waals surface area contributed by atoms with Crippen molar-refractivity contribution in [2.75, 3.05) is 5.75 Å². The molecule has 1 amide bonds. The minimum absolute atomic E-state index is 0.0298. The average Bonchev–Trinajstić information content (AvgIpc) is 2.49. The van der Waals surface area contributed by atoms with Gasteiger partial charge in [0.05, 0.1) is 10.6 Å². The van der Waals surface area contributed by atoms with Crippen LogP contribution in [0, 0.1) is 11.7 Å². The SMILES string of the molecule is CC(CS(=O)(=O)c1ccc(F)cc1)C(=O)NC1CCC(N)CC1. The van der Waals surface area contributed by atoms with E-state index in [1.165, 1.54) is 12.1 Å². The van der Waals surface area contributed by atoms with Crippen molar-refractivity contribution in [3.63, 3.8) is 0 Å². The Bertz CT molecular complexity index is 638. The molecule has 3 N–H and O–H groups in total. The van der Waals surface area contributed by atoms with E-state index in [4.69, 9.17) is 5.73 Å². The summed E-state index contributed by atoms with van der Waals surface area (Å²) < 4.78 is 37.4. The van der Waals surface area contributed by atoms with E-state index in [0.717, 1.165) is 37.8 Å². The molecular weight excluding hydrogens is 319 g/mol. The highest BCUT2D eigenvalue weighted by atomic mass is 32.2. The summed E-state index contributed by atoms with van der Waals surface area (Å²) in [7, 11) is -3.62. The minimum atomic E-state index is -3.62. The number of carbonyl (C=O) groups excluding carboxylic acids is 1. The number of rotatable bonds is 5. The second kappa shape index (κ2) is 7.40. The van der Waals surface area contributed by atoms with Gasteiger partial charge in [-0.05, 0) is 49.9 Å². The fourth-order valence-electron chi connectivity index (χ4n) is 2.75. The van der Waals surface area contributed by atoms with Crippen molar-refractivity contribution in [1.82, 2.24) is 5.32 Å². The molecule has 1 aliphatic rings. The highest BCUT2D eigenvalue weighted by Gasteiger charge is 2.26. The molecule has 0 heterocycles. The molecule has 2 rings (SSSR count). The molecule has 1 saturated carbocycles. The molecule has 0 aromatic heterocycles. The second-order valence-corrected chi connectivity index (χ2v) is 8.29. The van der Waals surface area contributed by atoms with Gasteiger partial charge in [-0.15, -0.1) is 0 Å². The highest BCUT2D eigenvalue weighted by Crippen LogP contribution is 2.19. The van der Waals surface area contributed by atoms with Crippen molar-refractivity contribution in [1.29, 1.82) is 0 Å². The fourth-order valence-corrected chi connectivity index (χ4v) is 4.30. The molecule has 0 saturated heterocycles. The lowest BCUT2D eigenvalue weighted by atomic mass is 9.91. The lowest BCUT2D eigenvalue weighted by molar-refractivity contribution is -0.124. The Hall–Kier alpha value is -1.47. The van der Waals surface area contributed by atoms with Crippen molar-refractivity contribution >= 4 is 15.7 Å². The maximum Gasteiger partial charge on any atom is 0.224 e. The molecule has 1 atom stereocenters. The number of nitrogens with two attached hydrogens (primary N) is 1. The van der Waals surface area contributed by atoms with Crippen LogP contribution in [0.5, 0.6) is 0 Å². The van der Waals surface area contributed by atoms with Gasteiger partial charge in [0.25, 0.3) is 0 Å². The molecule has 0 aliphatic heterocycles. The van der Waals surface area contributed by atoms with Gasteiger partial charge in [-0.2, -0.15) is 0 Å². The summed E-state index contributed by atoms with van der Waals surface area (Å²) in [6.07, 6.45) is 3.38. The van der Waals surface area contributed by atoms with Crippen molar-refractivity contribution in [3.8, 4) is 0 Å². The van der Waals surface area contributed by atoms with Crippen LogP contribution in [0.1, 0.15) is 32.6 Å². The standard InChI is InChI=1S/C16H23FN2O3S/c1-11(16(20)19-14-6-4-13(18)5-7-14)10-23(21,22)15-8-2-12(17)3-9-15/h2-3,8-9,11,13-14H,4-7,10,18H2,1H3,(H,19,20). The molecule has 1 aromatic carbocycles. The van der Waals surface area contributed by atoms with Gasteiger partial charge in [-0.1, -0.05) is 6.92 Å². The van der Waals surface area contributed by atoms with Gasteiger partial charge in [-0.3, -0.25) is 4.79 Å². The second-order valence-electron chi connectivity index (χ2n) is 6.26. The third-order valence-corrected chi connectivity index (χ3v) is 6.14. The van der Waals surface area contributed by atoms with Gasteiger partial charge >= 0.3 is 0 Å². The first kappa shape index (κ1) is 17.9. The smallest absolute Gasteiger partial charge is 0.224 e. The zero-order chi connectivity index (χ0) is 17.0. The normalized spacial score (nSPS) is 23.3. The Balaban J connectivity index is 1.93. The minimum Gasteiger partial charge on any atom is -0.353 e. The number of carbonyl (C=O) groups is 1. The van der Waals surface area contributed by atoms with E-state index >= 15 is 0 Å². The molecule has 0 radical (unpaired) electrons. The zero-order valence-corrected chi connectivity index (χ0v) is 14.0. The lowest BCUT2D eigenvalue weighted by Gasteiger charge is -2.27. The van der Waals surface area contributed by atoms with Gasteiger partial charge < -0.3 is 11.1 Å². The lowest BCUT2D eigenvalue weighted by Crippen LogP contribution is -2.43. The summed E-state index contributed by atoms with van der Waals surface area (Å²) in [6.45, 7) is 1.59. The van der Waals surface area contributed by atoms with Gasteiger partial charge in [-0.25, -0.2) is 12.8 Å². The first-order valence-corrected chi connectivity index (χ1v) is 9.47. The van der Waals surface area contributed by atoms with Crippen molar-refractivity contribution < 1.29 is 17.6 Å². The molecular formula is C16H23FN2O3S. The van der Waals surface area contributed by atoms with Gasteiger partial charge in [0.2, 0.25) is 5.91 Å². The van der Waals surface area contributed by atoms with Crippen molar-refractivity contribution in [2.24, 2.45) is 11.7 Å². The number of hydrogen-bond acceptors (Lipinski definition) is 4. The van der Waals surface area contributed by atoms with E-state index in [1.807, 2.05) is 0 Å². The monoisotopic (exact) mass is 342 g/mol. The third kappa shape index (κ3) is 5.00. The highest BCUT2D eigenvalue weighted by molar-refractivity contribution is 7.91. The number of halogens is 1. The van der Waals surface area contributed by atoms with E-state index in [1.54, 1.807) is 6.92 Å². The first-order valence-electron chi connectivity index (χ1n) is 7.82. The van der Waals surface area contributed by atoms with Gasteiger partial charge in [0.15, 0.2) is 9.84 Å². The van der Waals surface area contributed by atoms with Crippen LogP contribution in [0.4, 0.5) is 4.39 Å². The Morgan fingerprint density at radius 2 is 1.83 bits per heavy atom. The van der Waals surface area contributed by atoms with Gasteiger partial charge in [0.1, 0.15) is 5.82 Å². The predicted octanol–water partition coefficient (Wildman–Crippen LogP) is 1.62. The number of amides is 1. The fraction of sp³-hybridized carbons (Fsp3) is 0.562. The molecule has 7 heteroatoms. The Morgan fingerprint density at radius 3 is 2.39 bits per heavy atom. The third-order valence-electron chi connectivity index (χ3n) is 4.21. The summed E-state index contributed by atoms with van der Waals surface area (Å²) in [6, 6.07) is 4.90. The van der Waals surface area contributed by atoms with Crippen LogP contribution in [0.25, 0.3) is 0 Å². The molecule has 1 aromatic rings. The maximum absolute atomic E-state index is 12.9. The molecule has 23 heavy (non-hydrogen) atoms. The summed E-state index contributed by atoms with van der Waals surface area (Å²) in [5.41, 5.74) is 5.83. The van der Waals surface area contributed by atoms with Crippen LogP contribution in [0.15, 0.2) is 29.2 Å². The van der Waals surface area contributed by atoms with Crippen LogP contribution in [0.3, 0.4) is 0 Å². The Labute approximate surface area is 136 Å². The number of benzene rings is 1. The van der Waals surface area contributed by atoms with E-state index in [2.05, 4.69) is 5.32 Å². The van der Waals surface area contributed by atoms with Crippen molar-refractivity contribution in [3.05, 3.63) is 30.1 Å². The summed E-state index contributed by atoms with van der Waals surface area (Å²) in [5.74, 6) is -1.72. The Kier molecular flexibility index (Phi) is 5.75. The summed E-state index contributed by atoms with van der Waals surface area (Å²) >= 11 is 0. The summed E-state index contributed by atoms with van der Waals surface area (Å²) in [5, 5.41) is 2.90. The van der Waals surface area contributed by atoms with Gasteiger partial charge in [0, 0.05) is 18.0 Å². The number of nitrogens with one attached hydrogen (secondary N) is 1. The molecule has 5 nitrogen and oxygen atoms in total. The molecule has 1 fully saturated rings. The maximum atomic E-state index is 12.9. The number of sulfone groups is 1. The van der Waals surface area contributed by atoms with E-state index in [-0.39, 0.29) is 28.6 Å². The number of hydrogen-bond donors (Lipinski definition) is 2. The molecule has 0 spiro atoms. The van der Waals surface area contributed by atoms with Crippen molar-refractivity contribution in [2.45, 2.75) is 49.6 Å². The van der Waals surface area contributed by atoms with E-state index < -0.39 is 21.6 Å². The van der Waals surface area contributed by atoms with E-state index in [9.17, 15) is 17.6 Å². The molecule has 1 unspecified atom stereocenters. The van der Waals surface area contributed by atoms with Crippen LogP contribution in [0.2, 0.25) is 0 Å². The van der Waals surface area contributed by atoms with Crippen LogP contribution in [-0.4, -0.2) is 32.2 Å². The van der Waals surface area contributed by atoms with Crippen LogP contribution >= 0.6 is 0 Å². The topological polar surface area (TPSA) is 89.3 Å². The largest absolute Gasteiger partial charge is 0.353 e. The molecule has 128 valence electrons. The first-order chi connectivity index (χ1) is 10.8. The molecule has 0 bridgehead atoms. The van der Waals surface area contributed by atoms with Crippen LogP contribution in [-0.2, 0) is 14.6 Å². The average molecular weight is 342 g/mol. The molecule has 1 aliphatic carbocycles. The predicted molar refractivity (Wildman–Crippen MR) is 86.0 cm³/mol. The Morgan fingerprint density at radius 1 is 1.26 bits per heavy atom.